The molecule has 1 aromatic carbocycles. The van der Waals surface area contributed by atoms with Gasteiger partial charge in [-0.05, 0) is 69.1 Å². The largest absolute Gasteiger partial charge is 0.467 e. The van der Waals surface area contributed by atoms with Crippen molar-refractivity contribution in [2.45, 2.75) is 65.0 Å². The molecule has 1 amide bonds. The first kappa shape index (κ1) is 21.6. The van der Waals surface area contributed by atoms with Gasteiger partial charge in [-0.2, -0.15) is 0 Å². The second kappa shape index (κ2) is 10.1. The third kappa shape index (κ3) is 6.46. The van der Waals surface area contributed by atoms with Crippen molar-refractivity contribution >= 4 is 5.91 Å². The number of carbonyl (C=O) groups excluding carboxylic acids is 1. The highest BCUT2D eigenvalue weighted by Gasteiger charge is 2.33. The van der Waals surface area contributed by atoms with Gasteiger partial charge in [-0.25, -0.2) is 0 Å². The van der Waals surface area contributed by atoms with Crippen LogP contribution >= 0.6 is 0 Å². The standard InChI is InChI=1S/C25H35NO3/c1-4-24(27)26(19-23-11-8-15-28-23)14-12-21(17-20-9-6-5-7-10-20)22-13-16-29-25(2,3)18-22/h5-11,15,21-22H,4,12-14,16-19H2,1-3H3/t21-,22-/m1/s1. The van der Waals surface area contributed by atoms with Crippen molar-refractivity contribution in [3.8, 4) is 0 Å². The maximum atomic E-state index is 12.6. The zero-order valence-electron chi connectivity index (χ0n) is 18.1. The third-order valence-electron chi connectivity index (χ3n) is 6.09. The lowest BCUT2D eigenvalue weighted by molar-refractivity contribution is -0.132. The SMILES string of the molecule is CCC(=O)N(CC[C@H](Cc1ccccc1)[C@@H]1CCOC(C)(C)C1)Cc1ccco1. The van der Waals surface area contributed by atoms with E-state index in [1.54, 1.807) is 6.26 Å². The Bertz CT molecular complexity index is 739. The molecule has 1 aromatic heterocycles. The molecule has 1 aliphatic rings. The minimum absolute atomic E-state index is 0.0645. The summed E-state index contributed by atoms with van der Waals surface area (Å²) in [5.74, 6) is 2.18. The predicted octanol–water partition coefficient (Wildman–Crippen LogP) is 5.47. The average Bonchev–Trinajstić information content (AvgIpc) is 3.22. The Morgan fingerprint density at radius 3 is 2.66 bits per heavy atom. The summed E-state index contributed by atoms with van der Waals surface area (Å²) in [6.45, 7) is 8.47. The molecule has 0 saturated carbocycles. The molecular weight excluding hydrogens is 362 g/mol. The Morgan fingerprint density at radius 2 is 2.00 bits per heavy atom. The zero-order chi connectivity index (χ0) is 20.7. The maximum absolute atomic E-state index is 12.6. The van der Waals surface area contributed by atoms with Gasteiger partial charge in [0.2, 0.25) is 5.91 Å². The Hall–Kier alpha value is -2.07. The van der Waals surface area contributed by atoms with Crippen LogP contribution in [-0.2, 0) is 22.5 Å². The number of nitrogens with zero attached hydrogens (tertiary/aromatic N) is 1. The summed E-state index contributed by atoms with van der Waals surface area (Å²) in [4.78, 5) is 14.5. The van der Waals surface area contributed by atoms with Crippen molar-refractivity contribution in [3.05, 3.63) is 60.1 Å². The van der Waals surface area contributed by atoms with Gasteiger partial charge in [0.25, 0.3) is 0 Å². The fraction of sp³-hybridized carbons (Fsp3) is 0.560. The number of benzene rings is 1. The minimum Gasteiger partial charge on any atom is -0.467 e. The lowest BCUT2D eigenvalue weighted by atomic mass is 9.75. The van der Waals surface area contributed by atoms with E-state index in [9.17, 15) is 4.79 Å². The van der Waals surface area contributed by atoms with Crippen molar-refractivity contribution in [3.63, 3.8) is 0 Å². The topological polar surface area (TPSA) is 42.7 Å². The maximum Gasteiger partial charge on any atom is 0.222 e. The van der Waals surface area contributed by atoms with Gasteiger partial charge < -0.3 is 14.1 Å². The zero-order valence-corrected chi connectivity index (χ0v) is 18.1. The molecular formula is C25H35NO3. The van der Waals surface area contributed by atoms with Crippen LogP contribution in [0.2, 0.25) is 0 Å². The molecule has 0 spiro atoms. The second-order valence-corrected chi connectivity index (χ2v) is 8.85. The number of hydrogen-bond acceptors (Lipinski definition) is 3. The van der Waals surface area contributed by atoms with E-state index >= 15 is 0 Å². The summed E-state index contributed by atoms with van der Waals surface area (Å²) in [7, 11) is 0. The molecule has 1 aliphatic heterocycles. The van der Waals surface area contributed by atoms with E-state index in [1.807, 2.05) is 24.0 Å². The Labute approximate surface area is 175 Å². The van der Waals surface area contributed by atoms with Gasteiger partial charge in [0.1, 0.15) is 5.76 Å². The monoisotopic (exact) mass is 397 g/mol. The van der Waals surface area contributed by atoms with Crippen molar-refractivity contribution in [1.82, 2.24) is 4.90 Å². The molecule has 2 heterocycles. The molecule has 1 saturated heterocycles. The summed E-state index contributed by atoms with van der Waals surface area (Å²) >= 11 is 0. The lowest BCUT2D eigenvalue weighted by Gasteiger charge is -2.40. The molecule has 1 fully saturated rings. The molecule has 4 heteroatoms. The highest BCUT2D eigenvalue weighted by molar-refractivity contribution is 5.75. The van der Waals surface area contributed by atoms with Crippen LogP contribution in [0.4, 0.5) is 0 Å². The summed E-state index contributed by atoms with van der Waals surface area (Å²) < 4.78 is 11.5. The fourth-order valence-electron chi connectivity index (χ4n) is 4.53. The smallest absolute Gasteiger partial charge is 0.222 e. The third-order valence-corrected chi connectivity index (χ3v) is 6.09. The predicted molar refractivity (Wildman–Crippen MR) is 115 cm³/mol. The van der Waals surface area contributed by atoms with Crippen LogP contribution in [0.5, 0.6) is 0 Å². The van der Waals surface area contributed by atoms with Crippen molar-refractivity contribution in [2.24, 2.45) is 11.8 Å². The summed E-state index contributed by atoms with van der Waals surface area (Å²) in [6, 6.07) is 14.6. The van der Waals surface area contributed by atoms with Crippen molar-refractivity contribution in [1.29, 1.82) is 0 Å². The van der Waals surface area contributed by atoms with E-state index in [4.69, 9.17) is 9.15 Å². The molecule has 0 N–H and O–H groups in total. The van der Waals surface area contributed by atoms with Gasteiger partial charge in [0, 0.05) is 19.6 Å². The molecule has 0 bridgehead atoms. The normalized spacial score (nSPS) is 19.6. The molecule has 158 valence electrons. The molecule has 2 atom stereocenters. The molecule has 0 unspecified atom stereocenters. The first-order valence-corrected chi connectivity index (χ1v) is 10.9. The Kier molecular flexibility index (Phi) is 7.54. The van der Waals surface area contributed by atoms with E-state index < -0.39 is 0 Å². The number of amides is 1. The minimum atomic E-state index is -0.0645. The van der Waals surface area contributed by atoms with Crippen LogP contribution in [0.1, 0.15) is 57.8 Å². The Balaban J connectivity index is 1.71. The van der Waals surface area contributed by atoms with E-state index in [0.717, 1.165) is 44.6 Å². The van der Waals surface area contributed by atoms with Gasteiger partial charge in [-0.15, -0.1) is 0 Å². The molecule has 0 aliphatic carbocycles. The van der Waals surface area contributed by atoms with Crippen LogP contribution in [0, 0.1) is 11.8 Å². The molecule has 0 radical (unpaired) electrons. The van der Waals surface area contributed by atoms with Crippen LogP contribution < -0.4 is 0 Å². The number of carbonyl (C=O) groups is 1. The van der Waals surface area contributed by atoms with Gasteiger partial charge in [0.05, 0.1) is 18.4 Å². The Morgan fingerprint density at radius 1 is 1.21 bits per heavy atom. The summed E-state index contributed by atoms with van der Waals surface area (Å²) in [5.41, 5.74) is 1.31. The van der Waals surface area contributed by atoms with Gasteiger partial charge in [-0.3, -0.25) is 4.79 Å². The highest BCUT2D eigenvalue weighted by atomic mass is 16.5. The van der Waals surface area contributed by atoms with Crippen LogP contribution in [0.3, 0.4) is 0 Å². The molecule has 2 aromatic rings. The van der Waals surface area contributed by atoms with Crippen LogP contribution in [0.25, 0.3) is 0 Å². The average molecular weight is 398 g/mol. The van der Waals surface area contributed by atoms with E-state index in [-0.39, 0.29) is 11.5 Å². The van der Waals surface area contributed by atoms with Crippen molar-refractivity contribution in [2.75, 3.05) is 13.2 Å². The molecule has 4 nitrogen and oxygen atoms in total. The second-order valence-electron chi connectivity index (χ2n) is 8.85. The lowest BCUT2D eigenvalue weighted by Crippen LogP contribution is -2.39. The van der Waals surface area contributed by atoms with E-state index in [2.05, 4.69) is 44.2 Å². The van der Waals surface area contributed by atoms with Gasteiger partial charge in [-0.1, -0.05) is 37.3 Å². The molecule has 3 rings (SSSR count). The number of rotatable bonds is 9. The number of furan rings is 1. The number of ether oxygens (including phenoxy) is 1. The van der Waals surface area contributed by atoms with E-state index in [0.29, 0.717) is 24.8 Å². The fourth-order valence-corrected chi connectivity index (χ4v) is 4.53. The summed E-state index contributed by atoms with van der Waals surface area (Å²) in [5, 5.41) is 0. The van der Waals surface area contributed by atoms with Crippen molar-refractivity contribution < 1.29 is 13.9 Å². The van der Waals surface area contributed by atoms with Crippen LogP contribution in [-0.4, -0.2) is 29.6 Å². The molecule has 29 heavy (non-hydrogen) atoms. The highest BCUT2D eigenvalue weighted by Crippen LogP contribution is 2.36. The van der Waals surface area contributed by atoms with Gasteiger partial charge in [0.15, 0.2) is 0 Å². The first-order chi connectivity index (χ1) is 14.0. The quantitative estimate of drug-likeness (QED) is 0.563. The van der Waals surface area contributed by atoms with Crippen LogP contribution in [0.15, 0.2) is 53.1 Å². The first-order valence-electron chi connectivity index (χ1n) is 10.9. The number of hydrogen-bond donors (Lipinski definition) is 0. The van der Waals surface area contributed by atoms with E-state index in [1.165, 1.54) is 5.56 Å². The van der Waals surface area contributed by atoms with Gasteiger partial charge >= 0.3 is 0 Å². The summed E-state index contributed by atoms with van der Waals surface area (Å²) in [6.07, 6.45) is 6.42.